The second kappa shape index (κ2) is 4.68. The van der Waals surface area contributed by atoms with E-state index in [0.717, 1.165) is 0 Å². The normalized spacial score (nSPS) is 10.4. The number of carbonyl (C=O) groups excluding carboxylic acids is 1. The molecule has 2 aromatic rings. The number of Topliss-reactive ketones (excluding diaryl/α,β-unsaturated/α-hetero) is 1. The third-order valence-electron chi connectivity index (χ3n) is 2.07. The summed E-state index contributed by atoms with van der Waals surface area (Å²) in [5, 5.41) is 5.06. The highest BCUT2D eigenvalue weighted by Crippen LogP contribution is 2.11. The molecule has 0 spiro atoms. The Morgan fingerprint density at radius 1 is 1.19 bits per heavy atom. The Hall–Kier alpha value is -1.32. The number of ketones is 1. The quantitative estimate of drug-likeness (QED) is 0.790. The minimum atomic E-state index is -0.0311. The van der Waals surface area contributed by atoms with E-state index in [2.05, 4.69) is 5.10 Å². The average molecular weight is 255 g/mol. The summed E-state index contributed by atoms with van der Waals surface area (Å²) in [5.74, 6) is -0.0311. The standard InChI is InChI=1S/C11H8Cl2N2O/c12-9-3-1-8(2-4-9)11(16)7-15-6-10(13)5-14-15/h1-6H,7H2. The molecule has 0 unspecified atom stereocenters. The SMILES string of the molecule is O=C(Cn1cc(Cl)cn1)c1ccc(Cl)cc1. The maximum absolute atomic E-state index is 11.8. The first kappa shape index (κ1) is 11.2. The predicted octanol–water partition coefficient (Wildman–Crippen LogP) is 3.07. The minimum absolute atomic E-state index is 0.0311. The van der Waals surface area contributed by atoms with Gasteiger partial charge >= 0.3 is 0 Å². The van der Waals surface area contributed by atoms with E-state index in [-0.39, 0.29) is 12.3 Å². The summed E-state index contributed by atoms with van der Waals surface area (Å²) in [6, 6.07) is 6.75. The van der Waals surface area contributed by atoms with Crippen LogP contribution in [0.5, 0.6) is 0 Å². The molecule has 3 nitrogen and oxygen atoms in total. The Morgan fingerprint density at radius 2 is 1.88 bits per heavy atom. The molecular weight excluding hydrogens is 247 g/mol. The van der Waals surface area contributed by atoms with E-state index < -0.39 is 0 Å². The molecule has 0 radical (unpaired) electrons. The van der Waals surface area contributed by atoms with E-state index in [4.69, 9.17) is 23.2 Å². The van der Waals surface area contributed by atoms with Gasteiger partial charge < -0.3 is 0 Å². The Balaban J connectivity index is 2.11. The van der Waals surface area contributed by atoms with Crippen molar-refractivity contribution < 1.29 is 4.79 Å². The summed E-state index contributed by atoms with van der Waals surface area (Å²) in [7, 11) is 0. The smallest absolute Gasteiger partial charge is 0.184 e. The minimum Gasteiger partial charge on any atom is -0.292 e. The number of rotatable bonds is 3. The van der Waals surface area contributed by atoms with Crippen LogP contribution in [0.25, 0.3) is 0 Å². The van der Waals surface area contributed by atoms with Gasteiger partial charge in [0, 0.05) is 16.8 Å². The van der Waals surface area contributed by atoms with Gasteiger partial charge in [-0.1, -0.05) is 23.2 Å². The Labute approximate surface area is 103 Å². The van der Waals surface area contributed by atoms with E-state index in [1.54, 1.807) is 30.5 Å². The van der Waals surface area contributed by atoms with Crippen LogP contribution < -0.4 is 0 Å². The van der Waals surface area contributed by atoms with E-state index in [1.807, 2.05) is 0 Å². The predicted molar refractivity (Wildman–Crippen MR) is 63.0 cm³/mol. The molecule has 1 aromatic carbocycles. The number of hydrogen-bond donors (Lipinski definition) is 0. The zero-order valence-electron chi connectivity index (χ0n) is 8.23. The van der Waals surface area contributed by atoms with Crippen molar-refractivity contribution in [1.29, 1.82) is 0 Å². The number of halogens is 2. The van der Waals surface area contributed by atoms with Gasteiger partial charge in [0.1, 0.15) is 6.54 Å². The number of benzene rings is 1. The van der Waals surface area contributed by atoms with Crippen molar-refractivity contribution in [3.05, 3.63) is 52.3 Å². The molecule has 0 saturated heterocycles. The molecule has 0 fully saturated rings. The molecule has 0 bridgehead atoms. The van der Waals surface area contributed by atoms with Crippen molar-refractivity contribution in [2.75, 3.05) is 0 Å². The first-order valence-electron chi connectivity index (χ1n) is 4.62. The van der Waals surface area contributed by atoms with Gasteiger partial charge in [-0.3, -0.25) is 9.48 Å². The van der Waals surface area contributed by atoms with Crippen LogP contribution in [0.3, 0.4) is 0 Å². The van der Waals surface area contributed by atoms with Gasteiger partial charge in [-0.05, 0) is 24.3 Å². The summed E-state index contributed by atoms with van der Waals surface area (Å²) in [6.07, 6.45) is 3.10. The molecule has 0 amide bonds. The molecule has 82 valence electrons. The van der Waals surface area contributed by atoms with Crippen molar-refractivity contribution in [3.8, 4) is 0 Å². The van der Waals surface area contributed by atoms with Crippen LogP contribution in [-0.4, -0.2) is 15.6 Å². The largest absolute Gasteiger partial charge is 0.292 e. The highest BCUT2D eigenvalue weighted by Gasteiger charge is 2.07. The van der Waals surface area contributed by atoms with Gasteiger partial charge in [0.2, 0.25) is 0 Å². The van der Waals surface area contributed by atoms with Gasteiger partial charge in [-0.15, -0.1) is 0 Å². The second-order valence-electron chi connectivity index (χ2n) is 3.29. The highest BCUT2D eigenvalue weighted by molar-refractivity contribution is 6.30. The van der Waals surface area contributed by atoms with Crippen LogP contribution in [0, 0.1) is 0 Å². The van der Waals surface area contributed by atoms with E-state index in [0.29, 0.717) is 15.6 Å². The maximum atomic E-state index is 11.8. The third kappa shape index (κ3) is 2.62. The lowest BCUT2D eigenvalue weighted by molar-refractivity contribution is 0.0968. The van der Waals surface area contributed by atoms with Crippen LogP contribution in [-0.2, 0) is 6.54 Å². The molecule has 0 aliphatic rings. The molecule has 2 rings (SSSR count). The topological polar surface area (TPSA) is 34.9 Å². The fourth-order valence-corrected chi connectivity index (χ4v) is 1.58. The number of aromatic nitrogens is 2. The van der Waals surface area contributed by atoms with Crippen molar-refractivity contribution >= 4 is 29.0 Å². The van der Waals surface area contributed by atoms with Gasteiger partial charge in [-0.2, -0.15) is 5.10 Å². The van der Waals surface area contributed by atoms with Crippen molar-refractivity contribution in [1.82, 2.24) is 9.78 Å². The Bertz CT molecular complexity index is 505. The first-order valence-corrected chi connectivity index (χ1v) is 5.37. The molecule has 16 heavy (non-hydrogen) atoms. The summed E-state index contributed by atoms with van der Waals surface area (Å²) in [6.45, 7) is 0.175. The van der Waals surface area contributed by atoms with Crippen molar-refractivity contribution in [3.63, 3.8) is 0 Å². The molecule has 0 N–H and O–H groups in total. The first-order chi connectivity index (χ1) is 7.65. The molecule has 1 aromatic heterocycles. The average Bonchev–Trinajstić information content (AvgIpc) is 2.65. The molecule has 1 heterocycles. The second-order valence-corrected chi connectivity index (χ2v) is 4.16. The monoisotopic (exact) mass is 254 g/mol. The van der Waals surface area contributed by atoms with E-state index in [1.165, 1.54) is 10.9 Å². The van der Waals surface area contributed by atoms with Crippen LogP contribution in [0.15, 0.2) is 36.7 Å². The van der Waals surface area contributed by atoms with Gasteiger partial charge in [0.25, 0.3) is 0 Å². The molecule has 0 aliphatic carbocycles. The summed E-state index contributed by atoms with van der Waals surface area (Å²) in [5.41, 5.74) is 0.607. The van der Waals surface area contributed by atoms with Crippen LogP contribution in [0.1, 0.15) is 10.4 Å². The van der Waals surface area contributed by atoms with Crippen LogP contribution in [0.4, 0.5) is 0 Å². The molecule has 0 aliphatic heterocycles. The molecule has 5 heteroatoms. The zero-order chi connectivity index (χ0) is 11.5. The summed E-state index contributed by atoms with van der Waals surface area (Å²) >= 11 is 11.4. The van der Waals surface area contributed by atoms with Crippen molar-refractivity contribution in [2.24, 2.45) is 0 Å². The lowest BCUT2D eigenvalue weighted by atomic mass is 10.1. The van der Waals surface area contributed by atoms with Gasteiger partial charge in [0.15, 0.2) is 5.78 Å². The molecule has 0 saturated carbocycles. The van der Waals surface area contributed by atoms with Crippen molar-refractivity contribution in [2.45, 2.75) is 6.54 Å². The van der Waals surface area contributed by atoms with Gasteiger partial charge in [-0.25, -0.2) is 0 Å². The summed E-state index contributed by atoms with van der Waals surface area (Å²) < 4.78 is 1.50. The Morgan fingerprint density at radius 3 is 2.44 bits per heavy atom. The lowest BCUT2D eigenvalue weighted by Crippen LogP contribution is -2.10. The highest BCUT2D eigenvalue weighted by atomic mass is 35.5. The summed E-state index contributed by atoms with van der Waals surface area (Å²) in [4.78, 5) is 11.8. The van der Waals surface area contributed by atoms with E-state index >= 15 is 0 Å². The zero-order valence-corrected chi connectivity index (χ0v) is 9.74. The fraction of sp³-hybridized carbons (Fsp3) is 0.0909. The molecule has 0 atom stereocenters. The number of hydrogen-bond acceptors (Lipinski definition) is 2. The maximum Gasteiger partial charge on any atom is 0.184 e. The van der Waals surface area contributed by atoms with Crippen LogP contribution >= 0.6 is 23.2 Å². The van der Waals surface area contributed by atoms with Crippen LogP contribution in [0.2, 0.25) is 10.0 Å². The van der Waals surface area contributed by atoms with Gasteiger partial charge in [0.05, 0.1) is 11.2 Å². The Kier molecular flexibility index (Phi) is 3.27. The van der Waals surface area contributed by atoms with E-state index in [9.17, 15) is 4.79 Å². The third-order valence-corrected chi connectivity index (χ3v) is 2.52. The number of nitrogens with zero attached hydrogens (tertiary/aromatic N) is 2. The molecular formula is C11H8Cl2N2O. The number of carbonyl (C=O) groups is 1. The fourth-order valence-electron chi connectivity index (χ4n) is 1.30. The lowest BCUT2D eigenvalue weighted by Gasteiger charge is -2.01.